The van der Waals surface area contributed by atoms with E-state index in [9.17, 15) is 22.0 Å². The highest BCUT2D eigenvalue weighted by Gasteiger charge is 2.27. The number of halogens is 2. The lowest BCUT2D eigenvalue weighted by molar-refractivity contribution is -0.0512. The van der Waals surface area contributed by atoms with E-state index in [-0.39, 0.29) is 28.6 Å². The first-order chi connectivity index (χ1) is 14.3. The number of sulfonamides is 1. The van der Waals surface area contributed by atoms with Gasteiger partial charge in [0.25, 0.3) is 0 Å². The van der Waals surface area contributed by atoms with Gasteiger partial charge in [-0.2, -0.15) is 13.1 Å². The van der Waals surface area contributed by atoms with E-state index in [1.807, 2.05) is 0 Å². The molecule has 0 saturated carbocycles. The second kappa shape index (κ2) is 9.40. The van der Waals surface area contributed by atoms with Gasteiger partial charge in [0, 0.05) is 13.1 Å². The predicted octanol–water partition coefficient (Wildman–Crippen LogP) is 3.44. The van der Waals surface area contributed by atoms with Crippen molar-refractivity contribution in [3.05, 3.63) is 53.6 Å². The third-order valence-electron chi connectivity index (χ3n) is 4.61. The Kier molecular flexibility index (Phi) is 6.88. The second-order valence-electron chi connectivity index (χ2n) is 6.58. The SMILES string of the molecule is COc1cc(COC(=O)c2ccc(S(=O)(=O)N3CCCC3)cc2)ccc1OC(F)F. The van der Waals surface area contributed by atoms with Crippen molar-refractivity contribution in [2.45, 2.75) is 31.0 Å². The van der Waals surface area contributed by atoms with Gasteiger partial charge < -0.3 is 14.2 Å². The Morgan fingerprint density at radius 2 is 1.73 bits per heavy atom. The molecule has 1 fully saturated rings. The fraction of sp³-hybridized carbons (Fsp3) is 0.350. The van der Waals surface area contributed by atoms with Crippen LogP contribution < -0.4 is 9.47 Å². The lowest BCUT2D eigenvalue weighted by Crippen LogP contribution is -2.27. The molecule has 1 saturated heterocycles. The van der Waals surface area contributed by atoms with Gasteiger partial charge in [-0.3, -0.25) is 0 Å². The van der Waals surface area contributed by atoms with E-state index in [0.717, 1.165) is 12.8 Å². The van der Waals surface area contributed by atoms with E-state index >= 15 is 0 Å². The minimum atomic E-state index is -3.55. The van der Waals surface area contributed by atoms with Gasteiger partial charge >= 0.3 is 12.6 Å². The van der Waals surface area contributed by atoms with Crippen LogP contribution in [0.5, 0.6) is 11.5 Å². The molecule has 0 unspecified atom stereocenters. The molecule has 30 heavy (non-hydrogen) atoms. The van der Waals surface area contributed by atoms with Crippen LogP contribution in [0.1, 0.15) is 28.8 Å². The standard InChI is InChI=1S/C20H21F2NO6S/c1-27-18-12-14(4-9-17(18)29-20(21)22)13-28-19(24)15-5-7-16(8-6-15)30(25,26)23-10-2-3-11-23/h4-9,12,20H,2-3,10-11,13H2,1H3. The Morgan fingerprint density at radius 3 is 2.33 bits per heavy atom. The van der Waals surface area contributed by atoms with Crippen molar-refractivity contribution >= 4 is 16.0 Å². The van der Waals surface area contributed by atoms with Crippen LogP contribution in [-0.4, -0.2) is 45.5 Å². The summed E-state index contributed by atoms with van der Waals surface area (Å²) >= 11 is 0. The average molecular weight is 441 g/mol. The third-order valence-corrected chi connectivity index (χ3v) is 6.52. The molecule has 0 spiro atoms. The van der Waals surface area contributed by atoms with E-state index in [1.54, 1.807) is 0 Å². The van der Waals surface area contributed by atoms with E-state index in [4.69, 9.17) is 9.47 Å². The molecule has 0 aliphatic carbocycles. The molecule has 3 rings (SSSR count). The van der Waals surface area contributed by atoms with Crippen molar-refractivity contribution in [2.24, 2.45) is 0 Å². The molecule has 2 aromatic rings. The van der Waals surface area contributed by atoms with Crippen molar-refractivity contribution in [3.63, 3.8) is 0 Å². The molecule has 162 valence electrons. The van der Waals surface area contributed by atoms with Crippen LogP contribution >= 0.6 is 0 Å². The van der Waals surface area contributed by atoms with Crippen LogP contribution in [0.25, 0.3) is 0 Å². The lowest BCUT2D eigenvalue weighted by Gasteiger charge is -2.15. The molecule has 0 bridgehead atoms. The summed E-state index contributed by atoms with van der Waals surface area (Å²) in [5.41, 5.74) is 0.704. The van der Waals surface area contributed by atoms with Crippen molar-refractivity contribution in [3.8, 4) is 11.5 Å². The zero-order valence-corrected chi connectivity index (χ0v) is 17.0. The third kappa shape index (κ3) is 5.06. The molecule has 1 aliphatic heterocycles. The molecule has 10 heteroatoms. The number of alkyl halides is 2. The maximum atomic E-state index is 12.5. The Labute approximate surface area is 173 Å². The molecule has 0 aromatic heterocycles. The Morgan fingerprint density at radius 1 is 1.07 bits per heavy atom. The number of methoxy groups -OCH3 is 1. The first-order valence-electron chi connectivity index (χ1n) is 9.20. The number of carbonyl (C=O) groups is 1. The summed E-state index contributed by atoms with van der Waals surface area (Å²) in [4.78, 5) is 12.4. The number of nitrogens with zero attached hydrogens (tertiary/aromatic N) is 1. The van der Waals surface area contributed by atoms with Gasteiger partial charge in [-0.1, -0.05) is 6.07 Å². The van der Waals surface area contributed by atoms with Crippen LogP contribution in [0.4, 0.5) is 8.78 Å². The summed E-state index contributed by atoms with van der Waals surface area (Å²) in [5.74, 6) is -0.690. The summed E-state index contributed by atoms with van der Waals surface area (Å²) in [6.45, 7) is -2.12. The maximum absolute atomic E-state index is 12.5. The van der Waals surface area contributed by atoms with Gasteiger partial charge in [-0.05, 0) is 54.8 Å². The van der Waals surface area contributed by atoms with Crippen LogP contribution in [0, 0.1) is 0 Å². The summed E-state index contributed by atoms with van der Waals surface area (Å²) in [5, 5.41) is 0. The number of benzene rings is 2. The van der Waals surface area contributed by atoms with Gasteiger partial charge in [0.05, 0.1) is 17.6 Å². The van der Waals surface area contributed by atoms with Crippen molar-refractivity contribution in [1.29, 1.82) is 0 Å². The molecule has 7 nitrogen and oxygen atoms in total. The van der Waals surface area contributed by atoms with E-state index in [2.05, 4.69) is 4.74 Å². The highest BCUT2D eigenvalue weighted by atomic mass is 32.2. The Hall–Kier alpha value is -2.72. The smallest absolute Gasteiger partial charge is 0.387 e. The fourth-order valence-corrected chi connectivity index (χ4v) is 4.58. The number of rotatable bonds is 8. The summed E-state index contributed by atoms with van der Waals surface area (Å²) < 4.78 is 65.8. The lowest BCUT2D eigenvalue weighted by atomic mass is 10.2. The zero-order valence-electron chi connectivity index (χ0n) is 16.2. The van der Waals surface area contributed by atoms with Gasteiger partial charge in [-0.15, -0.1) is 0 Å². The molecular formula is C20H21F2NO6S. The maximum Gasteiger partial charge on any atom is 0.387 e. The monoisotopic (exact) mass is 441 g/mol. The molecule has 0 radical (unpaired) electrons. The zero-order chi connectivity index (χ0) is 21.7. The molecule has 1 heterocycles. The fourth-order valence-electron chi connectivity index (χ4n) is 3.07. The number of hydrogen-bond donors (Lipinski definition) is 0. The van der Waals surface area contributed by atoms with Crippen LogP contribution in [0.2, 0.25) is 0 Å². The van der Waals surface area contributed by atoms with E-state index in [0.29, 0.717) is 18.7 Å². The highest BCUT2D eigenvalue weighted by Crippen LogP contribution is 2.30. The molecule has 0 N–H and O–H groups in total. The number of carbonyl (C=O) groups excluding carboxylic acids is 1. The molecule has 2 aromatic carbocycles. The van der Waals surface area contributed by atoms with Crippen LogP contribution in [0.3, 0.4) is 0 Å². The number of hydrogen-bond acceptors (Lipinski definition) is 6. The second-order valence-corrected chi connectivity index (χ2v) is 8.51. The molecular weight excluding hydrogens is 420 g/mol. The van der Waals surface area contributed by atoms with Crippen molar-refractivity contribution < 1.29 is 36.2 Å². The topological polar surface area (TPSA) is 82.1 Å². The normalized spacial score (nSPS) is 14.7. The average Bonchev–Trinajstić information content (AvgIpc) is 3.28. The van der Waals surface area contributed by atoms with E-state index in [1.165, 1.54) is 53.9 Å². The quantitative estimate of drug-likeness (QED) is 0.584. The number of esters is 1. The van der Waals surface area contributed by atoms with Gasteiger partial charge in [0.2, 0.25) is 10.0 Å². The van der Waals surface area contributed by atoms with Gasteiger partial charge in [0.15, 0.2) is 11.5 Å². The molecule has 1 aliphatic rings. The van der Waals surface area contributed by atoms with Gasteiger partial charge in [-0.25, -0.2) is 13.2 Å². The Balaban J connectivity index is 1.64. The summed E-state index contributed by atoms with van der Waals surface area (Å²) in [7, 11) is -2.25. The Bertz CT molecular complexity index is 989. The van der Waals surface area contributed by atoms with E-state index < -0.39 is 22.6 Å². The minimum absolute atomic E-state index is 0.0836. The van der Waals surface area contributed by atoms with Crippen molar-refractivity contribution in [1.82, 2.24) is 4.31 Å². The predicted molar refractivity (Wildman–Crippen MR) is 103 cm³/mol. The summed E-state index contributed by atoms with van der Waals surface area (Å²) in [6.07, 6.45) is 1.67. The first-order valence-corrected chi connectivity index (χ1v) is 10.6. The highest BCUT2D eigenvalue weighted by molar-refractivity contribution is 7.89. The summed E-state index contributed by atoms with van der Waals surface area (Å²) in [6, 6.07) is 9.74. The van der Waals surface area contributed by atoms with Crippen molar-refractivity contribution in [2.75, 3.05) is 20.2 Å². The largest absolute Gasteiger partial charge is 0.493 e. The first kappa shape index (κ1) is 22.0. The van der Waals surface area contributed by atoms with Gasteiger partial charge in [0.1, 0.15) is 6.61 Å². The molecule has 0 amide bonds. The van der Waals surface area contributed by atoms with Crippen LogP contribution in [-0.2, 0) is 21.4 Å². The molecule has 0 atom stereocenters. The number of ether oxygens (including phenoxy) is 3. The van der Waals surface area contributed by atoms with Crippen LogP contribution in [0.15, 0.2) is 47.4 Å². The minimum Gasteiger partial charge on any atom is -0.493 e.